The van der Waals surface area contributed by atoms with Crippen molar-refractivity contribution >= 4 is 16.0 Å². The lowest BCUT2D eigenvalue weighted by molar-refractivity contribution is -0.139. The number of nitrogens with zero attached hydrogens (tertiary/aromatic N) is 1. The Kier molecular flexibility index (Phi) is 5.12. The molecule has 0 aromatic rings. The molecule has 0 bridgehead atoms. The Morgan fingerprint density at radius 3 is 2.57 bits per heavy atom. The van der Waals surface area contributed by atoms with Crippen molar-refractivity contribution in [1.82, 2.24) is 4.72 Å². The molecule has 0 radical (unpaired) electrons. The zero-order chi connectivity index (χ0) is 11.2. The highest BCUT2D eigenvalue weighted by Crippen LogP contribution is 1.99. The summed E-state index contributed by atoms with van der Waals surface area (Å²) in [5.41, 5.74) is 0. The highest BCUT2D eigenvalue weighted by Gasteiger charge is 2.22. The zero-order valence-corrected chi connectivity index (χ0v) is 8.54. The summed E-state index contributed by atoms with van der Waals surface area (Å²) in [6, 6.07) is 0.311. The van der Waals surface area contributed by atoms with E-state index in [1.807, 2.05) is 4.72 Å². The largest absolute Gasteiger partial charge is 0.480 e. The molecule has 1 atom stereocenters. The summed E-state index contributed by atoms with van der Waals surface area (Å²) >= 11 is 0. The average Bonchev–Trinajstić information content (AvgIpc) is 2.02. The fourth-order valence-corrected chi connectivity index (χ4v) is 1.77. The number of hydrogen-bond acceptors (Lipinski definition) is 4. The highest BCUT2D eigenvalue weighted by atomic mass is 32.2. The molecule has 0 aliphatic heterocycles. The summed E-state index contributed by atoms with van der Waals surface area (Å²) in [4.78, 5) is 10.6. The van der Waals surface area contributed by atoms with Crippen molar-refractivity contribution < 1.29 is 18.3 Å². The van der Waals surface area contributed by atoms with Crippen LogP contribution in [0, 0.1) is 11.3 Å². The van der Waals surface area contributed by atoms with Gasteiger partial charge in [0.25, 0.3) is 0 Å². The number of carboxylic acid groups (broad SMARTS) is 1. The number of nitrogens with one attached hydrogen (secondary N) is 1. The van der Waals surface area contributed by atoms with Gasteiger partial charge in [0, 0.05) is 0 Å². The minimum atomic E-state index is -3.79. The third-order valence-electron chi connectivity index (χ3n) is 1.45. The second-order valence-corrected chi connectivity index (χ2v) is 4.47. The molecular weight excluding hydrogens is 208 g/mol. The minimum absolute atomic E-state index is 0.208. The van der Waals surface area contributed by atoms with Crippen LogP contribution in [-0.4, -0.2) is 31.3 Å². The maximum absolute atomic E-state index is 11.0. The van der Waals surface area contributed by atoms with Crippen molar-refractivity contribution in [1.29, 1.82) is 5.26 Å². The maximum Gasteiger partial charge on any atom is 0.321 e. The lowest BCUT2D eigenvalue weighted by Gasteiger charge is -2.11. The molecule has 0 spiro atoms. The van der Waals surface area contributed by atoms with Crippen molar-refractivity contribution in [3.63, 3.8) is 0 Å². The smallest absolute Gasteiger partial charge is 0.321 e. The first-order chi connectivity index (χ1) is 6.43. The van der Waals surface area contributed by atoms with E-state index in [-0.39, 0.29) is 6.42 Å². The topological polar surface area (TPSA) is 107 Å². The molecule has 0 aliphatic rings. The molecule has 0 unspecified atom stereocenters. The van der Waals surface area contributed by atoms with Crippen LogP contribution in [0.4, 0.5) is 0 Å². The molecule has 7 heteroatoms. The van der Waals surface area contributed by atoms with Gasteiger partial charge in [-0.1, -0.05) is 13.3 Å². The molecule has 2 N–H and O–H groups in total. The summed E-state index contributed by atoms with van der Waals surface area (Å²) in [7, 11) is -3.79. The summed E-state index contributed by atoms with van der Waals surface area (Å²) in [6.07, 6.45) is 0.756. The molecule has 0 aromatic heterocycles. The van der Waals surface area contributed by atoms with Gasteiger partial charge in [0.2, 0.25) is 10.0 Å². The third kappa shape index (κ3) is 4.79. The molecule has 0 fully saturated rings. The zero-order valence-electron chi connectivity index (χ0n) is 7.73. The van der Waals surface area contributed by atoms with Gasteiger partial charge >= 0.3 is 5.97 Å². The van der Waals surface area contributed by atoms with E-state index in [2.05, 4.69) is 0 Å². The van der Waals surface area contributed by atoms with Crippen LogP contribution in [0.3, 0.4) is 0 Å². The van der Waals surface area contributed by atoms with E-state index in [0.717, 1.165) is 0 Å². The van der Waals surface area contributed by atoms with Crippen LogP contribution in [0.2, 0.25) is 0 Å². The molecule has 0 aliphatic carbocycles. The quantitative estimate of drug-likeness (QED) is 0.638. The van der Waals surface area contributed by atoms with Gasteiger partial charge in [0.1, 0.15) is 6.04 Å². The van der Waals surface area contributed by atoms with Crippen LogP contribution < -0.4 is 4.72 Å². The van der Waals surface area contributed by atoms with Gasteiger partial charge in [-0.15, -0.1) is 0 Å². The van der Waals surface area contributed by atoms with Gasteiger partial charge in [0.15, 0.2) is 5.75 Å². The molecular formula is C7H12N2O4S. The molecule has 0 saturated carbocycles. The Morgan fingerprint density at radius 1 is 1.64 bits per heavy atom. The number of hydrogen-bond donors (Lipinski definition) is 2. The Morgan fingerprint density at radius 2 is 2.21 bits per heavy atom. The first-order valence-electron chi connectivity index (χ1n) is 4.02. The molecule has 0 rings (SSSR count). The molecule has 0 amide bonds. The van der Waals surface area contributed by atoms with Gasteiger partial charge in [0.05, 0.1) is 6.07 Å². The minimum Gasteiger partial charge on any atom is -0.480 e. The van der Waals surface area contributed by atoms with Crippen LogP contribution in [0.25, 0.3) is 0 Å². The number of nitriles is 1. The Hall–Kier alpha value is -1.13. The predicted octanol–water partition coefficient (Wildman–Crippen LogP) is -0.317. The first kappa shape index (κ1) is 12.9. The van der Waals surface area contributed by atoms with Crippen LogP contribution >= 0.6 is 0 Å². The van der Waals surface area contributed by atoms with Gasteiger partial charge in [-0.05, 0) is 6.42 Å². The van der Waals surface area contributed by atoms with Crippen molar-refractivity contribution in [2.75, 3.05) is 5.75 Å². The first-order valence-corrected chi connectivity index (χ1v) is 5.68. The van der Waals surface area contributed by atoms with E-state index in [0.29, 0.717) is 6.42 Å². The average molecular weight is 220 g/mol. The maximum atomic E-state index is 11.0. The molecule has 6 nitrogen and oxygen atoms in total. The molecule has 0 aromatic carbocycles. The van der Waals surface area contributed by atoms with Gasteiger partial charge in [-0.3, -0.25) is 4.79 Å². The number of aliphatic carboxylic acids is 1. The molecule has 0 heterocycles. The van der Waals surface area contributed by atoms with Crippen molar-refractivity contribution in [3.05, 3.63) is 0 Å². The molecule has 80 valence electrons. The number of carbonyl (C=O) groups is 1. The lowest BCUT2D eigenvalue weighted by Crippen LogP contribution is -2.41. The fourth-order valence-electron chi connectivity index (χ4n) is 0.865. The second kappa shape index (κ2) is 5.57. The van der Waals surface area contributed by atoms with Gasteiger partial charge in [-0.25, -0.2) is 13.1 Å². The second-order valence-electron chi connectivity index (χ2n) is 2.71. The lowest BCUT2D eigenvalue weighted by atomic mass is 10.2. The Labute approximate surface area is 82.6 Å². The predicted molar refractivity (Wildman–Crippen MR) is 48.9 cm³/mol. The van der Waals surface area contributed by atoms with E-state index in [1.165, 1.54) is 6.07 Å². The summed E-state index contributed by atoms with van der Waals surface area (Å²) in [5, 5.41) is 16.8. The Balaban J connectivity index is 4.46. The van der Waals surface area contributed by atoms with Gasteiger partial charge < -0.3 is 5.11 Å². The summed E-state index contributed by atoms with van der Waals surface area (Å²) < 4.78 is 24.0. The standard InChI is InChI=1S/C7H12N2O4S/c1-2-3-6(7(10)11)9-14(12,13)5-4-8/h6,9H,2-3,5H2,1H3,(H,10,11)/t6-/m0/s1. The highest BCUT2D eigenvalue weighted by molar-refractivity contribution is 7.89. The van der Waals surface area contributed by atoms with E-state index in [9.17, 15) is 13.2 Å². The number of rotatable bonds is 6. The Bertz CT molecular complexity index is 330. The monoisotopic (exact) mass is 220 g/mol. The van der Waals surface area contributed by atoms with Crippen LogP contribution in [0.1, 0.15) is 19.8 Å². The van der Waals surface area contributed by atoms with Crippen molar-refractivity contribution in [2.45, 2.75) is 25.8 Å². The molecule has 0 saturated heterocycles. The van der Waals surface area contributed by atoms with Crippen molar-refractivity contribution in [3.8, 4) is 6.07 Å². The van der Waals surface area contributed by atoms with Crippen molar-refractivity contribution in [2.24, 2.45) is 0 Å². The van der Waals surface area contributed by atoms with E-state index in [1.54, 1.807) is 6.92 Å². The number of carboxylic acids is 1. The third-order valence-corrected chi connectivity index (χ3v) is 2.60. The normalized spacial score (nSPS) is 13.1. The van der Waals surface area contributed by atoms with Crippen LogP contribution in [0.5, 0.6) is 0 Å². The van der Waals surface area contributed by atoms with E-state index < -0.39 is 27.8 Å². The van der Waals surface area contributed by atoms with E-state index in [4.69, 9.17) is 10.4 Å². The van der Waals surface area contributed by atoms with Gasteiger partial charge in [-0.2, -0.15) is 5.26 Å². The fraction of sp³-hybridized carbons (Fsp3) is 0.714. The SMILES string of the molecule is CCC[C@H](NS(=O)(=O)CC#N)C(=O)O. The summed E-state index contributed by atoms with van der Waals surface area (Å²) in [5.74, 6) is -1.95. The van der Waals surface area contributed by atoms with Crippen LogP contribution in [0.15, 0.2) is 0 Å². The molecule has 14 heavy (non-hydrogen) atoms. The summed E-state index contributed by atoms with van der Waals surface area (Å²) in [6.45, 7) is 1.74. The number of sulfonamides is 1. The van der Waals surface area contributed by atoms with E-state index >= 15 is 0 Å². The van der Waals surface area contributed by atoms with Crippen LogP contribution in [-0.2, 0) is 14.8 Å².